The molecule has 0 saturated heterocycles. The van der Waals surface area contributed by atoms with Crippen LogP contribution >= 0.6 is 23.2 Å². The molecule has 1 atom stereocenters. The molecule has 0 saturated carbocycles. The number of hydrogen-bond acceptors (Lipinski definition) is 6. The molecule has 13 heteroatoms. The van der Waals surface area contributed by atoms with Gasteiger partial charge in [0.2, 0.25) is 11.8 Å². The van der Waals surface area contributed by atoms with Crippen molar-refractivity contribution in [2.75, 3.05) is 30.6 Å². The summed E-state index contributed by atoms with van der Waals surface area (Å²) in [6.07, 6.45) is 0.686. The Morgan fingerprint density at radius 3 is 2.33 bits per heavy atom. The van der Waals surface area contributed by atoms with Crippen LogP contribution in [0.3, 0.4) is 0 Å². The number of benzene rings is 3. The van der Waals surface area contributed by atoms with E-state index < -0.39 is 40.2 Å². The van der Waals surface area contributed by atoms with Gasteiger partial charge in [-0.05, 0) is 67.4 Å². The molecule has 0 radical (unpaired) electrons. The van der Waals surface area contributed by atoms with E-state index in [1.54, 1.807) is 25.1 Å². The number of halogens is 3. The van der Waals surface area contributed by atoms with Crippen molar-refractivity contribution < 1.29 is 31.9 Å². The number of carbonyl (C=O) groups excluding carboxylic acids is 2. The SMILES string of the molecule is CCCNC(=O)C(C)N(Cc1ccc(Cl)c(Cl)c1)C(=O)CN(c1ccc(F)cc1)S(=O)(=O)c1ccc2c(c1)OCCO2. The second kappa shape index (κ2) is 13.6. The first-order valence-electron chi connectivity index (χ1n) is 13.2. The van der Waals surface area contributed by atoms with Crippen molar-refractivity contribution >= 4 is 50.7 Å². The van der Waals surface area contributed by atoms with Gasteiger partial charge in [-0.15, -0.1) is 0 Å². The normalized spacial score (nSPS) is 13.3. The van der Waals surface area contributed by atoms with Gasteiger partial charge < -0.3 is 19.7 Å². The van der Waals surface area contributed by atoms with E-state index in [9.17, 15) is 22.4 Å². The van der Waals surface area contributed by atoms with E-state index in [0.717, 1.165) is 16.4 Å². The number of ether oxygens (including phenoxy) is 2. The van der Waals surface area contributed by atoms with E-state index >= 15 is 0 Å². The second-order valence-electron chi connectivity index (χ2n) is 9.53. The van der Waals surface area contributed by atoms with Gasteiger partial charge in [-0.3, -0.25) is 13.9 Å². The standard InChI is InChI=1S/C29H30Cl2FN3O6S/c1-3-12-33-29(37)19(2)34(17-20-4-10-24(30)25(31)15-20)28(36)18-35(22-7-5-21(32)6-8-22)42(38,39)23-9-11-26-27(16-23)41-14-13-40-26/h4-11,15-16,19H,3,12-14,17-18H2,1-2H3,(H,33,37). The Kier molecular flexibility index (Phi) is 10.2. The van der Waals surface area contributed by atoms with Gasteiger partial charge in [0.05, 0.1) is 20.6 Å². The van der Waals surface area contributed by atoms with E-state index in [1.165, 1.54) is 35.2 Å². The Balaban J connectivity index is 1.72. The number of sulfonamides is 1. The van der Waals surface area contributed by atoms with Crippen LogP contribution < -0.4 is 19.1 Å². The van der Waals surface area contributed by atoms with Gasteiger partial charge in [0.15, 0.2) is 11.5 Å². The average Bonchev–Trinajstić information content (AvgIpc) is 2.98. The molecule has 0 aliphatic carbocycles. The lowest BCUT2D eigenvalue weighted by Gasteiger charge is -2.32. The van der Waals surface area contributed by atoms with Gasteiger partial charge in [-0.1, -0.05) is 36.2 Å². The minimum atomic E-state index is -4.39. The van der Waals surface area contributed by atoms with Crippen molar-refractivity contribution in [1.29, 1.82) is 0 Å². The third-order valence-corrected chi connectivity index (χ3v) is 9.06. The predicted octanol–water partition coefficient (Wildman–Crippen LogP) is 5.04. The van der Waals surface area contributed by atoms with Crippen LogP contribution in [0.2, 0.25) is 10.0 Å². The maximum atomic E-state index is 14.0. The summed E-state index contributed by atoms with van der Waals surface area (Å²) < 4.78 is 53.7. The molecule has 0 bridgehead atoms. The maximum absolute atomic E-state index is 14.0. The zero-order valence-electron chi connectivity index (χ0n) is 23.0. The molecule has 9 nitrogen and oxygen atoms in total. The van der Waals surface area contributed by atoms with Crippen molar-refractivity contribution in [3.63, 3.8) is 0 Å². The van der Waals surface area contributed by atoms with Gasteiger partial charge in [-0.25, -0.2) is 12.8 Å². The lowest BCUT2D eigenvalue weighted by molar-refractivity contribution is -0.139. The molecule has 0 fully saturated rings. The molecule has 42 heavy (non-hydrogen) atoms. The number of rotatable bonds is 11. The molecule has 1 heterocycles. The van der Waals surface area contributed by atoms with E-state index in [0.29, 0.717) is 35.9 Å². The highest BCUT2D eigenvalue weighted by Gasteiger charge is 2.33. The van der Waals surface area contributed by atoms with Gasteiger partial charge >= 0.3 is 0 Å². The van der Waals surface area contributed by atoms with E-state index in [1.807, 2.05) is 6.92 Å². The number of carbonyl (C=O) groups is 2. The topological polar surface area (TPSA) is 105 Å². The van der Waals surface area contributed by atoms with Crippen LogP contribution in [-0.2, 0) is 26.2 Å². The number of anilines is 1. The summed E-state index contributed by atoms with van der Waals surface area (Å²) in [4.78, 5) is 28.0. The molecule has 3 aromatic rings. The number of nitrogens with zero attached hydrogens (tertiary/aromatic N) is 2. The van der Waals surface area contributed by atoms with E-state index in [2.05, 4.69) is 5.32 Å². The van der Waals surface area contributed by atoms with Crippen LogP contribution in [0.5, 0.6) is 11.5 Å². The minimum absolute atomic E-state index is 0.0530. The molecule has 1 aliphatic heterocycles. The number of nitrogens with one attached hydrogen (secondary N) is 1. The van der Waals surface area contributed by atoms with Crippen LogP contribution in [0.25, 0.3) is 0 Å². The third-order valence-electron chi connectivity index (χ3n) is 6.55. The fourth-order valence-electron chi connectivity index (χ4n) is 4.26. The molecule has 1 N–H and O–H groups in total. The molecule has 2 amide bonds. The zero-order chi connectivity index (χ0) is 30.4. The third kappa shape index (κ3) is 7.26. The zero-order valence-corrected chi connectivity index (χ0v) is 25.3. The Hall–Kier alpha value is -3.54. The molecule has 1 unspecified atom stereocenters. The summed E-state index contributed by atoms with van der Waals surface area (Å²) in [6, 6.07) is 12.7. The molecule has 1 aliphatic rings. The summed E-state index contributed by atoms with van der Waals surface area (Å²) >= 11 is 12.2. The number of fused-ring (bicyclic) bond motifs is 1. The highest BCUT2D eigenvalue weighted by atomic mass is 35.5. The summed E-state index contributed by atoms with van der Waals surface area (Å²) in [6.45, 7) is 3.68. The first kappa shape index (κ1) is 31.4. The highest BCUT2D eigenvalue weighted by molar-refractivity contribution is 7.92. The molecule has 224 valence electrons. The Labute approximate surface area is 254 Å². The monoisotopic (exact) mass is 637 g/mol. The molecular formula is C29H30Cl2FN3O6S. The molecule has 4 rings (SSSR count). The average molecular weight is 639 g/mol. The fraction of sp³-hybridized carbons (Fsp3) is 0.310. The number of hydrogen-bond donors (Lipinski definition) is 1. The largest absolute Gasteiger partial charge is 0.486 e. The quantitative estimate of drug-likeness (QED) is 0.316. The molecular weight excluding hydrogens is 608 g/mol. The summed E-state index contributed by atoms with van der Waals surface area (Å²) in [7, 11) is -4.39. The molecule has 0 aromatic heterocycles. The summed E-state index contributed by atoms with van der Waals surface area (Å²) in [5.74, 6) is -1.03. The Morgan fingerprint density at radius 1 is 0.976 bits per heavy atom. The molecule has 3 aromatic carbocycles. The van der Waals surface area contributed by atoms with Crippen molar-refractivity contribution in [2.24, 2.45) is 0 Å². The lowest BCUT2D eigenvalue weighted by atomic mass is 10.1. The summed E-state index contributed by atoms with van der Waals surface area (Å²) in [5, 5.41) is 3.35. The van der Waals surface area contributed by atoms with Crippen LogP contribution in [0.4, 0.5) is 10.1 Å². The minimum Gasteiger partial charge on any atom is -0.486 e. The summed E-state index contributed by atoms with van der Waals surface area (Å²) in [5.41, 5.74) is 0.633. The second-order valence-corrected chi connectivity index (χ2v) is 12.2. The van der Waals surface area contributed by atoms with E-state index in [-0.39, 0.29) is 34.5 Å². The van der Waals surface area contributed by atoms with Crippen molar-refractivity contribution in [1.82, 2.24) is 10.2 Å². The Morgan fingerprint density at radius 2 is 1.67 bits per heavy atom. The highest BCUT2D eigenvalue weighted by Crippen LogP contribution is 2.34. The first-order chi connectivity index (χ1) is 20.0. The molecule has 0 spiro atoms. The first-order valence-corrected chi connectivity index (χ1v) is 15.4. The van der Waals surface area contributed by atoms with Crippen LogP contribution in [0, 0.1) is 5.82 Å². The van der Waals surface area contributed by atoms with Crippen molar-refractivity contribution in [2.45, 2.75) is 37.8 Å². The van der Waals surface area contributed by atoms with Gasteiger partial charge in [0, 0.05) is 19.2 Å². The fourth-order valence-corrected chi connectivity index (χ4v) is 6.01. The van der Waals surface area contributed by atoms with Gasteiger partial charge in [0.1, 0.15) is 31.6 Å². The van der Waals surface area contributed by atoms with Crippen molar-refractivity contribution in [3.8, 4) is 11.5 Å². The van der Waals surface area contributed by atoms with Crippen LogP contribution in [0.15, 0.2) is 65.6 Å². The number of amides is 2. The predicted molar refractivity (Wildman–Crippen MR) is 158 cm³/mol. The van der Waals surface area contributed by atoms with Crippen LogP contribution in [0.1, 0.15) is 25.8 Å². The Bertz CT molecular complexity index is 1560. The van der Waals surface area contributed by atoms with Crippen molar-refractivity contribution in [3.05, 3.63) is 82.1 Å². The van der Waals surface area contributed by atoms with E-state index in [4.69, 9.17) is 32.7 Å². The van der Waals surface area contributed by atoms with Gasteiger partial charge in [-0.2, -0.15) is 0 Å². The van der Waals surface area contributed by atoms with Crippen LogP contribution in [-0.4, -0.2) is 57.5 Å². The lowest BCUT2D eigenvalue weighted by Crippen LogP contribution is -2.51. The maximum Gasteiger partial charge on any atom is 0.264 e. The smallest absolute Gasteiger partial charge is 0.264 e. The van der Waals surface area contributed by atoms with Gasteiger partial charge in [0.25, 0.3) is 10.0 Å².